The van der Waals surface area contributed by atoms with Crippen LogP contribution in [0.25, 0.3) is 0 Å². The van der Waals surface area contributed by atoms with Gasteiger partial charge in [-0.25, -0.2) is 0 Å². The number of anilines is 1. The zero-order valence-corrected chi connectivity index (χ0v) is 11.9. The normalized spacial score (nSPS) is 23.7. The highest BCUT2D eigenvalue weighted by atomic mass is 15.1. The number of rotatable bonds is 3. The van der Waals surface area contributed by atoms with E-state index in [9.17, 15) is 0 Å². The second-order valence-electron chi connectivity index (χ2n) is 6.11. The van der Waals surface area contributed by atoms with Gasteiger partial charge in [0, 0.05) is 32.4 Å². The van der Waals surface area contributed by atoms with Crippen LogP contribution in [-0.2, 0) is 13.0 Å². The van der Waals surface area contributed by atoms with Gasteiger partial charge in [0.25, 0.3) is 0 Å². The molecule has 104 valence electrons. The van der Waals surface area contributed by atoms with Gasteiger partial charge < -0.3 is 10.6 Å². The van der Waals surface area contributed by atoms with E-state index in [1.807, 2.05) is 0 Å². The third-order valence-corrected chi connectivity index (χ3v) is 4.61. The van der Waals surface area contributed by atoms with Crippen LogP contribution >= 0.6 is 0 Å². The molecule has 3 heteroatoms. The third kappa shape index (κ3) is 2.77. The van der Waals surface area contributed by atoms with Gasteiger partial charge in [0.1, 0.15) is 0 Å². The van der Waals surface area contributed by atoms with E-state index in [1.165, 1.54) is 49.2 Å². The molecule has 0 radical (unpaired) electrons. The van der Waals surface area contributed by atoms with Crippen molar-refractivity contribution in [1.29, 1.82) is 0 Å². The number of fused-ring (bicyclic) bond motifs is 1. The van der Waals surface area contributed by atoms with Gasteiger partial charge in [0.2, 0.25) is 0 Å². The monoisotopic (exact) mass is 259 g/mol. The highest BCUT2D eigenvalue weighted by Crippen LogP contribution is 2.28. The minimum atomic E-state index is 0.703. The zero-order chi connectivity index (χ0) is 13.2. The number of nitrogens with two attached hydrogens (primary N) is 1. The molecule has 0 bridgehead atoms. The summed E-state index contributed by atoms with van der Waals surface area (Å²) in [6.45, 7) is 5.50. The van der Waals surface area contributed by atoms with Gasteiger partial charge in [-0.2, -0.15) is 0 Å². The lowest BCUT2D eigenvalue weighted by Crippen LogP contribution is -2.37. The van der Waals surface area contributed by atoms with Gasteiger partial charge in [-0.3, -0.25) is 4.90 Å². The molecule has 2 heterocycles. The molecule has 1 fully saturated rings. The summed E-state index contributed by atoms with van der Waals surface area (Å²) in [5, 5.41) is 0. The molecule has 0 spiro atoms. The summed E-state index contributed by atoms with van der Waals surface area (Å²) in [5.74, 6) is 0.703. The molecule has 3 rings (SSSR count). The Hall–Kier alpha value is -1.06. The molecule has 2 aliphatic heterocycles. The maximum absolute atomic E-state index is 5.82. The van der Waals surface area contributed by atoms with Gasteiger partial charge in [-0.05, 0) is 55.5 Å². The highest BCUT2D eigenvalue weighted by Gasteiger charge is 2.20. The van der Waals surface area contributed by atoms with Crippen LogP contribution in [0.4, 0.5) is 5.69 Å². The number of hydrogen-bond donors (Lipinski definition) is 1. The molecule has 3 nitrogen and oxygen atoms in total. The Morgan fingerprint density at radius 1 is 1.32 bits per heavy atom. The Morgan fingerprint density at radius 2 is 2.21 bits per heavy atom. The van der Waals surface area contributed by atoms with E-state index in [4.69, 9.17) is 5.73 Å². The van der Waals surface area contributed by atoms with Crippen LogP contribution in [0.3, 0.4) is 0 Å². The van der Waals surface area contributed by atoms with Crippen LogP contribution in [0.1, 0.15) is 24.0 Å². The van der Waals surface area contributed by atoms with Gasteiger partial charge in [-0.1, -0.05) is 12.1 Å². The molecule has 1 aromatic rings. The smallest absolute Gasteiger partial charge is 0.0397 e. The molecule has 19 heavy (non-hydrogen) atoms. The zero-order valence-electron chi connectivity index (χ0n) is 11.9. The molecular weight excluding hydrogens is 234 g/mol. The molecule has 2 aliphatic rings. The average Bonchev–Trinajstić information content (AvgIpc) is 2.80. The molecule has 1 unspecified atom stereocenters. The van der Waals surface area contributed by atoms with Crippen molar-refractivity contribution in [3.05, 3.63) is 29.3 Å². The van der Waals surface area contributed by atoms with Gasteiger partial charge in [0.05, 0.1) is 0 Å². The van der Waals surface area contributed by atoms with Gasteiger partial charge in [-0.15, -0.1) is 0 Å². The molecule has 1 aromatic carbocycles. The van der Waals surface area contributed by atoms with E-state index < -0.39 is 0 Å². The van der Waals surface area contributed by atoms with Crippen molar-refractivity contribution in [2.75, 3.05) is 38.1 Å². The quantitative estimate of drug-likeness (QED) is 0.899. The fraction of sp³-hybridized carbons (Fsp3) is 0.625. The molecule has 2 N–H and O–H groups in total. The van der Waals surface area contributed by atoms with Crippen LogP contribution in [0.5, 0.6) is 0 Å². The first-order chi connectivity index (χ1) is 9.26. The fourth-order valence-electron chi connectivity index (χ4n) is 3.46. The Bertz CT molecular complexity index is 444. The molecule has 0 aromatic heterocycles. The first kappa shape index (κ1) is 12.9. The van der Waals surface area contributed by atoms with Crippen LogP contribution in [-0.4, -0.2) is 38.1 Å². The topological polar surface area (TPSA) is 32.5 Å². The lowest BCUT2D eigenvalue weighted by atomic mass is 9.97. The second-order valence-corrected chi connectivity index (χ2v) is 6.11. The summed E-state index contributed by atoms with van der Waals surface area (Å²) < 4.78 is 0. The van der Waals surface area contributed by atoms with Gasteiger partial charge >= 0.3 is 0 Å². The first-order valence-electron chi connectivity index (χ1n) is 7.51. The van der Waals surface area contributed by atoms with E-state index in [1.54, 1.807) is 0 Å². The summed E-state index contributed by atoms with van der Waals surface area (Å²) in [4.78, 5) is 4.92. The second kappa shape index (κ2) is 5.51. The standard InChI is InChI=1S/C16H25N3/c1-18-8-6-15-9-13(4-5-16(15)18)11-19-7-2-3-14(10-17)12-19/h4-5,9,14H,2-3,6-8,10-12,17H2,1H3. The lowest BCUT2D eigenvalue weighted by molar-refractivity contribution is 0.171. The molecule has 0 saturated carbocycles. The summed E-state index contributed by atoms with van der Waals surface area (Å²) in [5.41, 5.74) is 10.2. The number of hydrogen-bond acceptors (Lipinski definition) is 3. The first-order valence-corrected chi connectivity index (χ1v) is 7.51. The third-order valence-electron chi connectivity index (χ3n) is 4.61. The number of nitrogens with zero attached hydrogens (tertiary/aromatic N) is 2. The summed E-state index contributed by atoms with van der Waals surface area (Å²) in [7, 11) is 2.18. The van der Waals surface area contributed by atoms with Crippen LogP contribution in [0.15, 0.2) is 18.2 Å². The van der Waals surface area contributed by atoms with Crippen LogP contribution in [0, 0.1) is 5.92 Å². The number of benzene rings is 1. The van der Waals surface area contributed by atoms with Crippen molar-refractivity contribution in [3.63, 3.8) is 0 Å². The van der Waals surface area contributed by atoms with E-state index >= 15 is 0 Å². The molecule has 1 saturated heterocycles. The fourth-order valence-corrected chi connectivity index (χ4v) is 3.46. The molecule has 0 amide bonds. The van der Waals surface area contributed by atoms with E-state index in [2.05, 4.69) is 35.0 Å². The van der Waals surface area contributed by atoms with Crippen molar-refractivity contribution in [3.8, 4) is 0 Å². The Kier molecular flexibility index (Phi) is 3.76. The summed E-state index contributed by atoms with van der Waals surface area (Å²) >= 11 is 0. The molecule has 0 aliphatic carbocycles. The summed E-state index contributed by atoms with van der Waals surface area (Å²) in [6, 6.07) is 7.00. The van der Waals surface area contributed by atoms with E-state index in [-0.39, 0.29) is 0 Å². The maximum atomic E-state index is 5.82. The van der Waals surface area contributed by atoms with Crippen LogP contribution in [0.2, 0.25) is 0 Å². The van der Waals surface area contributed by atoms with Crippen LogP contribution < -0.4 is 10.6 Å². The van der Waals surface area contributed by atoms with Gasteiger partial charge in [0.15, 0.2) is 0 Å². The minimum Gasteiger partial charge on any atom is -0.374 e. The van der Waals surface area contributed by atoms with Crippen molar-refractivity contribution in [2.45, 2.75) is 25.8 Å². The largest absolute Gasteiger partial charge is 0.374 e. The SMILES string of the molecule is CN1CCc2cc(CN3CCCC(CN)C3)ccc21. The molecule has 1 atom stereocenters. The van der Waals surface area contributed by atoms with Crippen molar-refractivity contribution < 1.29 is 0 Å². The average molecular weight is 259 g/mol. The Morgan fingerprint density at radius 3 is 3.05 bits per heavy atom. The van der Waals surface area contributed by atoms with E-state index in [0.717, 1.165) is 19.6 Å². The predicted octanol–water partition coefficient (Wildman–Crippen LogP) is 1.85. The van der Waals surface area contributed by atoms with E-state index in [0.29, 0.717) is 5.92 Å². The Labute approximate surface area is 116 Å². The van der Waals surface area contributed by atoms with Crippen molar-refractivity contribution in [2.24, 2.45) is 11.7 Å². The van der Waals surface area contributed by atoms with Crippen molar-refractivity contribution >= 4 is 5.69 Å². The number of likely N-dealkylation sites (N-methyl/N-ethyl adjacent to an activating group) is 1. The lowest BCUT2D eigenvalue weighted by Gasteiger charge is -2.32. The minimum absolute atomic E-state index is 0.703. The Balaban J connectivity index is 1.67. The number of likely N-dealkylation sites (tertiary alicyclic amines) is 1. The van der Waals surface area contributed by atoms with Crippen molar-refractivity contribution in [1.82, 2.24) is 4.90 Å². The summed E-state index contributed by atoms with van der Waals surface area (Å²) in [6.07, 6.45) is 3.81. The predicted molar refractivity (Wildman–Crippen MR) is 80.5 cm³/mol. The molecular formula is C16H25N3. The number of piperidine rings is 1. The highest BCUT2D eigenvalue weighted by molar-refractivity contribution is 5.58. The maximum Gasteiger partial charge on any atom is 0.0397 e.